The molecule has 0 aromatic rings. The first-order valence-corrected chi connectivity index (χ1v) is 7.52. The van der Waals surface area contributed by atoms with Crippen LogP contribution in [-0.2, 0) is 9.53 Å². The molecule has 0 aliphatic carbocycles. The summed E-state index contributed by atoms with van der Waals surface area (Å²) in [4.78, 5) is 14.0. The van der Waals surface area contributed by atoms with Crippen LogP contribution < -0.4 is 5.32 Å². The lowest BCUT2D eigenvalue weighted by atomic mass is 10.1. The fraction of sp³-hybridized carbons (Fsp3) is 0.929. The van der Waals surface area contributed by atoms with Crippen LogP contribution in [0, 0.1) is 0 Å². The van der Waals surface area contributed by atoms with Crippen molar-refractivity contribution in [3.8, 4) is 0 Å². The lowest BCUT2D eigenvalue weighted by Gasteiger charge is -2.23. The van der Waals surface area contributed by atoms with Gasteiger partial charge < -0.3 is 9.64 Å². The van der Waals surface area contributed by atoms with Gasteiger partial charge in [0.1, 0.15) is 6.61 Å². The summed E-state index contributed by atoms with van der Waals surface area (Å²) in [6.45, 7) is 4.15. The van der Waals surface area contributed by atoms with Crippen molar-refractivity contribution in [1.82, 2.24) is 10.2 Å². The average molecular weight is 292 g/mol. The van der Waals surface area contributed by atoms with Crippen molar-refractivity contribution in [3.63, 3.8) is 0 Å². The van der Waals surface area contributed by atoms with Gasteiger partial charge in [0.05, 0.1) is 18.8 Å². The second-order valence-electron chi connectivity index (χ2n) is 5.16. The monoisotopic (exact) mass is 292 g/mol. The topological polar surface area (TPSA) is 41.6 Å². The number of nitrogens with one attached hydrogen (secondary N) is 1. The van der Waals surface area contributed by atoms with E-state index < -0.39 is 13.0 Å². The van der Waals surface area contributed by atoms with E-state index in [2.05, 4.69) is 19.2 Å². The fourth-order valence-electron chi connectivity index (χ4n) is 2.48. The van der Waals surface area contributed by atoms with Crippen LogP contribution in [0.1, 0.15) is 46.0 Å². The van der Waals surface area contributed by atoms with E-state index in [1.54, 1.807) is 4.90 Å². The second kappa shape index (κ2) is 9.23. The van der Waals surface area contributed by atoms with E-state index >= 15 is 0 Å². The smallest absolute Gasteiger partial charge is 0.261 e. The average Bonchev–Trinajstić information content (AvgIpc) is 2.69. The van der Waals surface area contributed by atoms with Crippen molar-refractivity contribution in [1.29, 1.82) is 0 Å². The third-order valence-corrected chi connectivity index (χ3v) is 3.48. The summed E-state index contributed by atoms with van der Waals surface area (Å²) >= 11 is 0. The van der Waals surface area contributed by atoms with E-state index in [1.807, 2.05) is 0 Å². The predicted octanol–water partition coefficient (Wildman–Crippen LogP) is 2.38. The molecule has 0 aromatic carbocycles. The van der Waals surface area contributed by atoms with Gasteiger partial charge in [0, 0.05) is 6.54 Å². The largest absolute Gasteiger partial charge is 0.374 e. The van der Waals surface area contributed by atoms with Crippen molar-refractivity contribution < 1.29 is 18.3 Å². The maximum Gasteiger partial charge on any atom is 0.261 e. The number of carbonyl (C=O) groups excluding carboxylic acids is 1. The van der Waals surface area contributed by atoms with Crippen LogP contribution in [0.5, 0.6) is 0 Å². The Morgan fingerprint density at radius 2 is 2.05 bits per heavy atom. The van der Waals surface area contributed by atoms with E-state index in [0.717, 1.165) is 32.1 Å². The molecule has 1 aliphatic rings. The molecule has 0 radical (unpaired) electrons. The highest BCUT2D eigenvalue weighted by atomic mass is 19.3. The minimum absolute atomic E-state index is 0.0181. The molecule has 0 spiro atoms. The zero-order valence-corrected chi connectivity index (χ0v) is 12.4. The van der Waals surface area contributed by atoms with Gasteiger partial charge >= 0.3 is 0 Å². The van der Waals surface area contributed by atoms with Gasteiger partial charge in [0.25, 0.3) is 6.43 Å². The van der Waals surface area contributed by atoms with E-state index in [-0.39, 0.29) is 24.7 Å². The Bertz CT molecular complexity index is 290. The summed E-state index contributed by atoms with van der Waals surface area (Å²) in [6, 6.07) is -0.124. The zero-order valence-electron chi connectivity index (χ0n) is 12.4. The molecule has 1 amide bonds. The number of rotatable bonds is 10. The van der Waals surface area contributed by atoms with Crippen molar-refractivity contribution >= 4 is 5.91 Å². The number of carbonyl (C=O) groups is 1. The van der Waals surface area contributed by atoms with Crippen LogP contribution in [-0.4, -0.2) is 49.2 Å². The van der Waals surface area contributed by atoms with Crippen LogP contribution >= 0.6 is 0 Å². The van der Waals surface area contributed by atoms with Gasteiger partial charge in [0.2, 0.25) is 5.91 Å². The molecule has 0 saturated carbocycles. The number of hydrogen-bond donors (Lipinski definition) is 1. The number of hydrogen-bond acceptors (Lipinski definition) is 3. The highest BCUT2D eigenvalue weighted by molar-refractivity contribution is 5.84. The molecule has 1 fully saturated rings. The molecule has 4 nitrogen and oxygen atoms in total. The highest BCUT2D eigenvalue weighted by Crippen LogP contribution is 2.18. The summed E-state index contributed by atoms with van der Waals surface area (Å²) in [5.74, 6) is 0.0811. The normalized spacial score (nSPS) is 23.1. The Morgan fingerprint density at radius 1 is 1.30 bits per heavy atom. The van der Waals surface area contributed by atoms with Gasteiger partial charge in [-0.1, -0.05) is 33.1 Å². The lowest BCUT2D eigenvalue weighted by molar-refractivity contribution is -0.131. The summed E-state index contributed by atoms with van der Waals surface area (Å²) in [5, 5.41) is 3.35. The summed E-state index contributed by atoms with van der Waals surface area (Å²) in [5.41, 5.74) is 0. The highest BCUT2D eigenvalue weighted by Gasteiger charge is 2.37. The van der Waals surface area contributed by atoms with Gasteiger partial charge in [-0.2, -0.15) is 0 Å². The summed E-state index contributed by atoms with van der Waals surface area (Å²) < 4.78 is 28.9. The Kier molecular flexibility index (Phi) is 7.99. The van der Waals surface area contributed by atoms with Crippen molar-refractivity contribution in [3.05, 3.63) is 0 Å². The molecule has 6 heteroatoms. The minimum Gasteiger partial charge on any atom is -0.374 e. The first-order valence-electron chi connectivity index (χ1n) is 7.52. The van der Waals surface area contributed by atoms with Crippen LogP contribution in [0.2, 0.25) is 0 Å². The molecule has 0 bridgehead atoms. The maximum absolute atomic E-state index is 12.3. The number of amides is 1. The molecule has 1 N–H and O–H groups in total. The number of ether oxygens (including phenoxy) is 1. The molecule has 0 aromatic heterocycles. The third-order valence-electron chi connectivity index (χ3n) is 3.48. The number of halogens is 2. The molecule has 1 aliphatic heterocycles. The SMILES string of the molecule is CCCCC1NC(CCC)N(CCOCC(F)F)C1=O. The molecule has 2 atom stereocenters. The molecule has 1 saturated heterocycles. The Labute approximate surface area is 119 Å². The van der Waals surface area contributed by atoms with Crippen molar-refractivity contribution in [2.45, 2.75) is 64.6 Å². The van der Waals surface area contributed by atoms with E-state index in [9.17, 15) is 13.6 Å². The van der Waals surface area contributed by atoms with Gasteiger partial charge in [-0.05, 0) is 12.8 Å². The standard InChI is InChI=1S/C14H26F2N2O2/c1-3-5-7-11-14(19)18(13(17-11)6-4-2)8-9-20-10-12(15)16/h11-13,17H,3-10H2,1-2H3. The molecule has 1 rings (SSSR count). The number of nitrogens with zero attached hydrogens (tertiary/aromatic N) is 1. The van der Waals surface area contributed by atoms with Crippen molar-refractivity contribution in [2.24, 2.45) is 0 Å². The fourth-order valence-corrected chi connectivity index (χ4v) is 2.48. The van der Waals surface area contributed by atoms with Crippen LogP contribution in [0.15, 0.2) is 0 Å². The van der Waals surface area contributed by atoms with Crippen LogP contribution in [0.3, 0.4) is 0 Å². The summed E-state index contributed by atoms with van der Waals surface area (Å²) in [6.07, 6.45) is 2.32. The molecule has 20 heavy (non-hydrogen) atoms. The lowest BCUT2D eigenvalue weighted by Crippen LogP contribution is -2.39. The Balaban J connectivity index is 2.44. The number of alkyl halides is 2. The quantitative estimate of drug-likeness (QED) is 0.629. The summed E-state index contributed by atoms with van der Waals surface area (Å²) in [7, 11) is 0. The van der Waals surface area contributed by atoms with Gasteiger partial charge in [-0.3, -0.25) is 10.1 Å². The predicted molar refractivity (Wildman–Crippen MR) is 73.7 cm³/mol. The van der Waals surface area contributed by atoms with Gasteiger partial charge in [0.15, 0.2) is 0 Å². The van der Waals surface area contributed by atoms with E-state index in [4.69, 9.17) is 4.74 Å². The van der Waals surface area contributed by atoms with Crippen molar-refractivity contribution in [2.75, 3.05) is 19.8 Å². The Morgan fingerprint density at radius 3 is 2.65 bits per heavy atom. The van der Waals surface area contributed by atoms with Gasteiger partial charge in [-0.25, -0.2) is 8.78 Å². The van der Waals surface area contributed by atoms with Crippen LogP contribution in [0.25, 0.3) is 0 Å². The molecular weight excluding hydrogens is 266 g/mol. The number of unbranched alkanes of at least 4 members (excludes halogenated alkanes) is 1. The maximum atomic E-state index is 12.3. The second-order valence-corrected chi connectivity index (χ2v) is 5.16. The molecular formula is C14H26F2N2O2. The Hall–Kier alpha value is -0.750. The zero-order chi connectivity index (χ0) is 15.0. The first-order chi connectivity index (χ1) is 9.60. The molecule has 1 heterocycles. The van der Waals surface area contributed by atoms with E-state index in [0.29, 0.717) is 6.54 Å². The van der Waals surface area contributed by atoms with Gasteiger partial charge in [-0.15, -0.1) is 0 Å². The minimum atomic E-state index is -2.45. The third kappa shape index (κ3) is 5.32. The first kappa shape index (κ1) is 17.3. The molecule has 118 valence electrons. The molecule has 2 unspecified atom stereocenters. The van der Waals surface area contributed by atoms with E-state index in [1.165, 1.54) is 0 Å². The van der Waals surface area contributed by atoms with Crippen LogP contribution in [0.4, 0.5) is 8.78 Å².